The summed E-state index contributed by atoms with van der Waals surface area (Å²) in [6, 6.07) is 5.34. The van der Waals surface area contributed by atoms with Crippen LogP contribution in [0.4, 0.5) is 0 Å². The Morgan fingerprint density at radius 1 is 1.41 bits per heavy atom. The molecule has 0 aliphatic carbocycles. The van der Waals surface area contributed by atoms with Gasteiger partial charge < -0.3 is 20.1 Å². The minimum absolute atomic E-state index is 0.109. The van der Waals surface area contributed by atoms with Crippen molar-refractivity contribution in [1.82, 2.24) is 14.5 Å². The molecule has 3 heterocycles. The van der Waals surface area contributed by atoms with Gasteiger partial charge in [-0.3, -0.25) is 14.3 Å². The number of ether oxygens (including phenoxy) is 1. The number of nitrogens with two attached hydrogens (primary N) is 1. The van der Waals surface area contributed by atoms with Crippen molar-refractivity contribution in [3.05, 3.63) is 68.5 Å². The molecule has 27 heavy (non-hydrogen) atoms. The molecule has 0 spiro atoms. The Balaban J connectivity index is 1.94. The third-order valence-electron chi connectivity index (χ3n) is 5.08. The smallest absolute Gasteiger partial charge is 0.331 e. The van der Waals surface area contributed by atoms with Crippen molar-refractivity contribution in [2.45, 2.75) is 19.0 Å². The highest BCUT2D eigenvalue weighted by Gasteiger charge is 2.34. The summed E-state index contributed by atoms with van der Waals surface area (Å²) in [5, 5.41) is 13.7. The van der Waals surface area contributed by atoms with Crippen molar-refractivity contribution in [2.75, 3.05) is 13.7 Å². The summed E-state index contributed by atoms with van der Waals surface area (Å²) in [4.78, 5) is 30.2. The van der Waals surface area contributed by atoms with Gasteiger partial charge in [0.2, 0.25) is 5.88 Å². The number of hydrogen-bond acceptors (Lipinski definition) is 4. The van der Waals surface area contributed by atoms with Crippen molar-refractivity contribution in [3.63, 3.8) is 0 Å². The lowest BCUT2D eigenvalue weighted by Gasteiger charge is -2.22. The summed E-state index contributed by atoms with van der Waals surface area (Å²) in [5.74, 6) is 0.435. The van der Waals surface area contributed by atoms with Crippen LogP contribution in [0.1, 0.15) is 22.9 Å². The first-order chi connectivity index (χ1) is 13.0. The maximum atomic E-state index is 12.5. The first-order valence-electron chi connectivity index (χ1n) is 8.73. The Kier molecular flexibility index (Phi) is 4.12. The van der Waals surface area contributed by atoms with Crippen LogP contribution >= 0.6 is 0 Å². The van der Waals surface area contributed by atoms with E-state index in [1.54, 1.807) is 7.11 Å². The van der Waals surface area contributed by atoms with Gasteiger partial charge in [-0.15, -0.1) is 6.58 Å². The molecule has 8 nitrogen and oxygen atoms in total. The second kappa shape index (κ2) is 6.48. The molecule has 0 unspecified atom stereocenters. The number of aromatic hydroxyl groups is 1. The number of hydrogen-bond donors (Lipinski definition) is 4. The maximum absolute atomic E-state index is 12.5. The van der Waals surface area contributed by atoms with Gasteiger partial charge in [-0.05, 0) is 23.8 Å². The third kappa shape index (κ3) is 2.65. The van der Waals surface area contributed by atoms with Gasteiger partial charge in [0.25, 0.3) is 5.56 Å². The van der Waals surface area contributed by atoms with Gasteiger partial charge in [0.15, 0.2) is 6.04 Å². The molecule has 1 aromatic carbocycles. The first kappa shape index (κ1) is 17.2. The van der Waals surface area contributed by atoms with E-state index in [-0.39, 0.29) is 18.0 Å². The van der Waals surface area contributed by atoms with Gasteiger partial charge >= 0.3 is 5.69 Å². The minimum Gasteiger partial charge on any atom is -0.497 e. The maximum Gasteiger partial charge on any atom is 0.331 e. The summed E-state index contributed by atoms with van der Waals surface area (Å²) in [7, 11) is 1.62. The van der Waals surface area contributed by atoms with E-state index in [0.717, 1.165) is 45.4 Å². The Morgan fingerprint density at radius 2 is 2.22 bits per heavy atom. The van der Waals surface area contributed by atoms with Gasteiger partial charge in [0.05, 0.1) is 19.3 Å². The molecule has 0 fully saturated rings. The van der Waals surface area contributed by atoms with Crippen LogP contribution in [0.15, 0.2) is 40.4 Å². The molecule has 0 bridgehead atoms. The quantitative estimate of drug-likeness (QED) is 0.489. The molecule has 0 radical (unpaired) electrons. The molecule has 8 heteroatoms. The van der Waals surface area contributed by atoms with E-state index in [0.29, 0.717) is 0 Å². The molecule has 0 amide bonds. The van der Waals surface area contributed by atoms with Crippen LogP contribution in [0.3, 0.4) is 0 Å². The number of aromatic nitrogens is 3. The molecule has 1 aliphatic rings. The zero-order chi connectivity index (χ0) is 19.1. The SMILES string of the molecule is C=CCn1c(O)c([C@H]2[NH2+]CCc3c2[nH]c2ccc(OC)cc32)c(=O)[nH]c1=O. The van der Waals surface area contributed by atoms with Crippen LogP contribution in [0.5, 0.6) is 11.6 Å². The topological polar surface area (TPSA) is 117 Å². The molecule has 5 N–H and O–H groups in total. The molecule has 140 valence electrons. The number of benzene rings is 1. The van der Waals surface area contributed by atoms with Crippen LogP contribution in [0, 0.1) is 0 Å². The normalized spacial score (nSPS) is 16.3. The Labute approximate surface area is 154 Å². The first-order valence-corrected chi connectivity index (χ1v) is 8.73. The Morgan fingerprint density at radius 3 is 2.96 bits per heavy atom. The molecule has 0 saturated heterocycles. The number of nitrogens with one attached hydrogen (secondary N) is 2. The van der Waals surface area contributed by atoms with E-state index >= 15 is 0 Å². The summed E-state index contributed by atoms with van der Waals surface area (Å²) in [6.45, 7) is 4.46. The number of allylic oxidation sites excluding steroid dienone is 1. The van der Waals surface area contributed by atoms with Gasteiger partial charge in [0, 0.05) is 23.9 Å². The van der Waals surface area contributed by atoms with Gasteiger partial charge in [-0.1, -0.05) is 6.08 Å². The van der Waals surface area contributed by atoms with E-state index in [1.165, 1.54) is 6.08 Å². The lowest BCUT2D eigenvalue weighted by molar-refractivity contribution is -0.690. The molecule has 0 saturated carbocycles. The zero-order valence-electron chi connectivity index (χ0n) is 14.9. The zero-order valence-corrected chi connectivity index (χ0v) is 14.9. The number of H-pyrrole nitrogens is 2. The van der Waals surface area contributed by atoms with Gasteiger partial charge in [-0.25, -0.2) is 4.79 Å². The van der Waals surface area contributed by atoms with Crippen LogP contribution < -0.4 is 21.3 Å². The van der Waals surface area contributed by atoms with Crippen LogP contribution in [-0.4, -0.2) is 33.3 Å². The van der Waals surface area contributed by atoms with E-state index < -0.39 is 17.3 Å². The van der Waals surface area contributed by atoms with Crippen LogP contribution in [0.25, 0.3) is 10.9 Å². The average molecular weight is 369 g/mol. The molecular formula is C19H21N4O4+. The summed E-state index contributed by atoms with van der Waals surface area (Å²) in [5.41, 5.74) is 1.82. The predicted octanol–water partition coefficient (Wildman–Crippen LogP) is 0.127. The highest BCUT2D eigenvalue weighted by molar-refractivity contribution is 5.86. The lowest BCUT2D eigenvalue weighted by Crippen LogP contribution is -2.87. The fraction of sp³-hybridized carbons (Fsp3) is 0.263. The monoisotopic (exact) mass is 369 g/mol. The van der Waals surface area contributed by atoms with Crippen molar-refractivity contribution in [1.29, 1.82) is 0 Å². The predicted molar refractivity (Wildman–Crippen MR) is 100 cm³/mol. The molecule has 1 atom stereocenters. The standard InChI is InChI=1S/C19H20N4O4/c1-3-8-23-18(25)14(17(24)22-19(23)26)16-15-11(6-7-20-16)12-9-10(27-2)4-5-13(12)21-15/h3-5,9,16,20-21,25H,1,6-8H2,2H3,(H,22,24,26)/p+1/t16-/m1/s1. The summed E-state index contributed by atoms with van der Waals surface area (Å²) < 4.78 is 6.43. The second-order valence-electron chi connectivity index (χ2n) is 6.58. The van der Waals surface area contributed by atoms with Crippen molar-refractivity contribution in [3.8, 4) is 11.6 Å². The largest absolute Gasteiger partial charge is 0.497 e. The summed E-state index contributed by atoms with van der Waals surface area (Å²) >= 11 is 0. The number of fused-ring (bicyclic) bond motifs is 3. The number of methoxy groups -OCH3 is 1. The molecule has 1 aliphatic heterocycles. The number of aromatic amines is 2. The summed E-state index contributed by atoms with van der Waals surface area (Å²) in [6.07, 6.45) is 2.32. The fourth-order valence-electron chi connectivity index (χ4n) is 3.84. The molecular weight excluding hydrogens is 348 g/mol. The Bertz CT molecular complexity index is 1150. The van der Waals surface area contributed by atoms with E-state index in [2.05, 4.69) is 16.5 Å². The van der Waals surface area contributed by atoms with Gasteiger partial charge in [0.1, 0.15) is 11.3 Å². The van der Waals surface area contributed by atoms with Gasteiger partial charge in [-0.2, -0.15) is 0 Å². The highest BCUT2D eigenvalue weighted by Crippen LogP contribution is 2.33. The highest BCUT2D eigenvalue weighted by atomic mass is 16.5. The average Bonchev–Trinajstić information content (AvgIpc) is 3.03. The van der Waals surface area contributed by atoms with E-state index in [1.807, 2.05) is 23.5 Å². The van der Waals surface area contributed by atoms with Crippen molar-refractivity contribution >= 4 is 10.9 Å². The van der Waals surface area contributed by atoms with Crippen molar-refractivity contribution in [2.24, 2.45) is 0 Å². The minimum atomic E-state index is -0.654. The lowest BCUT2D eigenvalue weighted by atomic mass is 9.95. The number of rotatable bonds is 4. The number of nitrogens with zero attached hydrogens (tertiary/aromatic N) is 1. The van der Waals surface area contributed by atoms with Crippen LogP contribution in [0.2, 0.25) is 0 Å². The van der Waals surface area contributed by atoms with Crippen LogP contribution in [-0.2, 0) is 13.0 Å². The van der Waals surface area contributed by atoms with Crippen molar-refractivity contribution < 1.29 is 15.2 Å². The Hall–Kier alpha value is -3.26. The third-order valence-corrected chi connectivity index (χ3v) is 5.08. The van der Waals surface area contributed by atoms with E-state index in [9.17, 15) is 14.7 Å². The number of quaternary nitrogens is 1. The molecule has 3 aromatic rings. The van der Waals surface area contributed by atoms with E-state index in [4.69, 9.17) is 4.74 Å². The second-order valence-corrected chi connectivity index (χ2v) is 6.58. The molecule has 2 aromatic heterocycles. The fourth-order valence-corrected chi connectivity index (χ4v) is 3.84. The molecule has 4 rings (SSSR count).